The average molecular weight is 297 g/mol. The van der Waals surface area contributed by atoms with Gasteiger partial charge in [0.15, 0.2) is 0 Å². The van der Waals surface area contributed by atoms with E-state index in [1.165, 1.54) is 25.2 Å². The number of alkyl halides is 3. The zero-order chi connectivity index (χ0) is 15.9. The minimum atomic E-state index is -4.42. The number of pyridine rings is 1. The Morgan fingerprint density at radius 2 is 1.67 bits per heavy atom. The minimum absolute atomic E-state index is 0.531. The summed E-state index contributed by atoms with van der Waals surface area (Å²) in [7, 11) is 0. The molecule has 2 aromatic rings. The van der Waals surface area contributed by atoms with Crippen LogP contribution in [0.2, 0.25) is 0 Å². The first-order valence-corrected chi connectivity index (χ1v) is 6.70. The molecule has 2 aromatic heterocycles. The van der Waals surface area contributed by atoms with Crippen molar-refractivity contribution in [2.75, 3.05) is 0 Å². The van der Waals surface area contributed by atoms with E-state index in [2.05, 4.69) is 28.8 Å². The molecular formula is C15H18F3N3. The number of rotatable bonds is 2. The predicted molar refractivity (Wildman–Crippen MR) is 75.6 cm³/mol. The first-order chi connectivity index (χ1) is 9.88. The lowest BCUT2D eigenvalue weighted by Crippen LogP contribution is -2.07. The van der Waals surface area contributed by atoms with Gasteiger partial charge in [0.25, 0.3) is 0 Å². The third-order valence-electron chi connectivity index (χ3n) is 2.65. The summed E-state index contributed by atoms with van der Waals surface area (Å²) in [6.07, 6.45) is 0.743. The molecule has 6 heteroatoms. The van der Waals surface area contributed by atoms with Gasteiger partial charge in [0.1, 0.15) is 12.0 Å². The van der Waals surface area contributed by atoms with Crippen molar-refractivity contribution in [2.24, 2.45) is 0 Å². The Hall–Kier alpha value is -1.98. The van der Waals surface area contributed by atoms with E-state index in [9.17, 15) is 13.2 Å². The summed E-state index contributed by atoms with van der Waals surface area (Å²) >= 11 is 0. The number of aromatic nitrogens is 3. The monoisotopic (exact) mass is 297 g/mol. The highest BCUT2D eigenvalue weighted by atomic mass is 19.4. The van der Waals surface area contributed by atoms with Crippen LogP contribution in [0.1, 0.15) is 38.1 Å². The molecule has 0 aliphatic rings. The Labute approximate surface area is 122 Å². The van der Waals surface area contributed by atoms with Crippen molar-refractivity contribution in [3.05, 3.63) is 42.1 Å². The lowest BCUT2D eigenvalue weighted by molar-refractivity contribution is -0.141. The number of halogens is 3. The van der Waals surface area contributed by atoms with Crippen LogP contribution in [0, 0.1) is 6.92 Å². The summed E-state index contributed by atoms with van der Waals surface area (Å²) in [6.45, 7) is 6.14. The highest BCUT2D eigenvalue weighted by molar-refractivity contribution is 5.57. The third kappa shape index (κ3) is 5.49. The Morgan fingerprint density at radius 1 is 1.00 bits per heavy atom. The van der Waals surface area contributed by atoms with Gasteiger partial charge in [-0.15, -0.1) is 0 Å². The van der Waals surface area contributed by atoms with Gasteiger partial charge < -0.3 is 0 Å². The van der Waals surface area contributed by atoms with Crippen molar-refractivity contribution in [2.45, 2.75) is 39.8 Å². The van der Waals surface area contributed by atoms with Gasteiger partial charge in [-0.25, -0.2) is 9.97 Å². The quantitative estimate of drug-likeness (QED) is 0.808. The van der Waals surface area contributed by atoms with E-state index in [4.69, 9.17) is 0 Å². The number of hydrogen-bond acceptors (Lipinski definition) is 3. The number of aryl methyl sites for hydroxylation is 1. The normalized spacial score (nSPS) is 10.8. The summed E-state index contributed by atoms with van der Waals surface area (Å²) < 4.78 is 36.9. The summed E-state index contributed by atoms with van der Waals surface area (Å²) in [5, 5.41) is 0. The third-order valence-corrected chi connectivity index (χ3v) is 2.65. The summed E-state index contributed by atoms with van der Waals surface area (Å²) in [6, 6.07) is 3.97. The molecule has 0 bridgehead atoms. The molecule has 0 fully saturated rings. The first-order valence-electron chi connectivity index (χ1n) is 6.70. The molecule has 0 aliphatic heterocycles. The van der Waals surface area contributed by atoms with Crippen molar-refractivity contribution < 1.29 is 13.2 Å². The van der Waals surface area contributed by atoms with Crippen LogP contribution >= 0.6 is 0 Å². The van der Waals surface area contributed by atoms with E-state index in [-0.39, 0.29) is 0 Å². The maximum absolute atomic E-state index is 12.3. The van der Waals surface area contributed by atoms with Crippen LogP contribution < -0.4 is 0 Å². The van der Waals surface area contributed by atoms with Gasteiger partial charge in [-0.2, -0.15) is 13.2 Å². The van der Waals surface area contributed by atoms with Crippen LogP contribution in [0.15, 0.2) is 30.7 Å². The molecule has 0 atom stereocenters. The molecule has 0 spiro atoms. The first kappa shape index (κ1) is 17.1. The Morgan fingerprint density at radius 3 is 2.10 bits per heavy atom. The fraction of sp³-hybridized carbons (Fsp3) is 0.400. The zero-order valence-corrected chi connectivity index (χ0v) is 12.3. The highest BCUT2D eigenvalue weighted by Crippen LogP contribution is 2.28. The Balaban J connectivity index is 0.000000491. The lowest BCUT2D eigenvalue weighted by Gasteiger charge is -2.06. The predicted octanol–water partition coefficient (Wildman–Crippen LogP) is 4.67. The van der Waals surface area contributed by atoms with Crippen molar-refractivity contribution in [3.8, 4) is 11.3 Å². The Bertz CT molecular complexity index is 549. The van der Waals surface area contributed by atoms with E-state index in [0.717, 1.165) is 18.0 Å². The maximum atomic E-state index is 12.3. The molecule has 0 saturated carbocycles. The summed E-state index contributed by atoms with van der Waals surface area (Å²) in [5.74, 6) is 0. The fourth-order valence-corrected chi connectivity index (χ4v) is 1.33. The maximum Gasteiger partial charge on any atom is 0.433 e. The standard InChI is InChI=1S/C11H8F3N3.C4H10/c1-7-4-9(17-6-16-7)8-2-3-10(15-5-8)11(12,13)14;1-3-4-2/h2-6H,1H3;3-4H2,1-2H3. The SMILES string of the molecule is CCCC.Cc1cc(-c2ccc(C(F)(F)F)nc2)ncn1. The van der Waals surface area contributed by atoms with Crippen LogP contribution in [0.25, 0.3) is 11.3 Å². The van der Waals surface area contributed by atoms with Crippen molar-refractivity contribution in [1.29, 1.82) is 0 Å². The molecule has 21 heavy (non-hydrogen) atoms. The van der Waals surface area contributed by atoms with Gasteiger partial charge in [0, 0.05) is 17.5 Å². The molecule has 3 nitrogen and oxygen atoms in total. The van der Waals surface area contributed by atoms with Crippen LogP contribution in [0.5, 0.6) is 0 Å². The molecule has 2 rings (SSSR count). The molecule has 0 aliphatic carbocycles. The molecule has 0 saturated heterocycles. The molecule has 0 unspecified atom stereocenters. The van der Waals surface area contributed by atoms with Crippen molar-refractivity contribution >= 4 is 0 Å². The number of nitrogens with zero attached hydrogens (tertiary/aromatic N) is 3. The fourth-order valence-electron chi connectivity index (χ4n) is 1.33. The van der Waals surface area contributed by atoms with Gasteiger partial charge in [0.2, 0.25) is 0 Å². The van der Waals surface area contributed by atoms with Crippen LogP contribution in [-0.4, -0.2) is 15.0 Å². The molecule has 2 heterocycles. The smallest absolute Gasteiger partial charge is 0.251 e. The average Bonchev–Trinajstić information content (AvgIpc) is 2.47. The number of hydrogen-bond donors (Lipinski definition) is 0. The van der Waals surface area contributed by atoms with Crippen LogP contribution in [0.4, 0.5) is 13.2 Å². The minimum Gasteiger partial charge on any atom is -0.251 e. The van der Waals surface area contributed by atoms with E-state index in [0.29, 0.717) is 11.3 Å². The second kappa shape index (κ2) is 7.71. The molecule has 0 N–H and O–H groups in total. The van der Waals surface area contributed by atoms with Gasteiger partial charge in [-0.1, -0.05) is 26.7 Å². The van der Waals surface area contributed by atoms with E-state index in [1.54, 1.807) is 13.0 Å². The van der Waals surface area contributed by atoms with Crippen LogP contribution in [0.3, 0.4) is 0 Å². The van der Waals surface area contributed by atoms with E-state index in [1.807, 2.05) is 0 Å². The largest absolute Gasteiger partial charge is 0.433 e. The molecular weight excluding hydrogens is 279 g/mol. The Kier molecular flexibility index (Phi) is 6.27. The highest BCUT2D eigenvalue weighted by Gasteiger charge is 2.32. The molecule has 0 amide bonds. The lowest BCUT2D eigenvalue weighted by atomic mass is 10.2. The van der Waals surface area contributed by atoms with Crippen molar-refractivity contribution in [3.63, 3.8) is 0 Å². The molecule has 0 aromatic carbocycles. The van der Waals surface area contributed by atoms with E-state index >= 15 is 0 Å². The summed E-state index contributed by atoms with van der Waals surface area (Å²) in [5.41, 5.74) is 0.921. The van der Waals surface area contributed by atoms with Gasteiger partial charge >= 0.3 is 6.18 Å². The van der Waals surface area contributed by atoms with Crippen LogP contribution in [-0.2, 0) is 6.18 Å². The topological polar surface area (TPSA) is 38.7 Å². The zero-order valence-electron chi connectivity index (χ0n) is 12.3. The molecule has 114 valence electrons. The van der Waals surface area contributed by atoms with Gasteiger partial charge in [-0.05, 0) is 25.1 Å². The van der Waals surface area contributed by atoms with E-state index < -0.39 is 11.9 Å². The number of unbranched alkanes of at least 4 members (excludes halogenated alkanes) is 1. The second-order valence-electron chi connectivity index (χ2n) is 4.47. The van der Waals surface area contributed by atoms with Crippen molar-refractivity contribution in [1.82, 2.24) is 15.0 Å². The summed E-state index contributed by atoms with van der Waals surface area (Å²) in [4.78, 5) is 11.3. The van der Waals surface area contributed by atoms with Gasteiger partial charge in [-0.3, -0.25) is 4.98 Å². The second-order valence-corrected chi connectivity index (χ2v) is 4.47. The molecule has 0 radical (unpaired) electrons. The van der Waals surface area contributed by atoms with Gasteiger partial charge in [0.05, 0.1) is 5.69 Å².